The van der Waals surface area contributed by atoms with Crippen LogP contribution in [0.25, 0.3) is 17.2 Å². The number of hydrogen-bond donors (Lipinski definition) is 0. The fraction of sp³-hybridized carbons (Fsp3) is 0.364. The Labute approximate surface area is 144 Å². The van der Waals surface area contributed by atoms with Gasteiger partial charge >= 0.3 is 0 Å². The van der Waals surface area contributed by atoms with Crippen LogP contribution in [0.15, 0.2) is 43.0 Å². The summed E-state index contributed by atoms with van der Waals surface area (Å²) in [5.41, 5.74) is 2.42. The van der Waals surface area contributed by atoms with Crippen molar-refractivity contribution in [1.82, 2.24) is 0 Å². The van der Waals surface area contributed by atoms with E-state index in [1.807, 2.05) is 12.1 Å². The van der Waals surface area contributed by atoms with Gasteiger partial charge in [-0.15, -0.1) is 0 Å². The Morgan fingerprint density at radius 1 is 1.00 bits per heavy atom. The Kier molecular flexibility index (Phi) is 6.72. The van der Waals surface area contributed by atoms with Crippen molar-refractivity contribution in [2.45, 2.75) is 46.0 Å². The minimum atomic E-state index is -0.750. The first-order valence-corrected chi connectivity index (χ1v) is 8.76. The highest BCUT2D eigenvalue weighted by molar-refractivity contribution is 5.66. The van der Waals surface area contributed by atoms with Gasteiger partial charge in [0.25, 0.3) is 0 Å². The molecule has 2 aromatic rings. The van der Waals surface area contributed by atoms with Gasteiger partial charge in [-0.1, -0.05) is 82.2 Å². The van der Waals surface area contributed by atoms with Gasteiger partial charge in [-0.2, -0.15) is 0 Å². The first-order valence-electron chi connectivity index (χ1n) is 8.76. The third-order valence-electron chi connectivity index (χ3n) is 4.54. The molecule has 0 radical (unpaired) electrons. The minimum absolute atomic E-state index is 0.311. The van der Waals surface area contributed by atoms with E-state index in [4.69, 9.17) is 0 Å². The van der Waals surface area contributed by atoms with E-state index in [-0.39, 0.29) is 0 Å². The van der Waals surface area contributed by atoms with Gasteiger partial charge < -0.3 is 0 Å². The highest BCUT2D eigenvalue weighted by atomic mass is 19.2. The zero-order chi connectivity index (χ0) is 17.5. The molecule has 2 heteroatoms. The Bertz CT molecular complexity index is 671. The van der Waals surface area contributed by atoms with Gasteiger partial charge in [-0.3, -0.25) is 0 Å². The second-order valence-electron chi connectivity index (χ2n) is 6.51. The Morgan fingerprint density at radius 3 is 2.33 bits per heavy atom. The number of hydrogen-bond acceptors (Lipinski definition) is 0. The monoisotopic (exact) mass is 328 g/mol. The smallest absolute Gasteiger partial charge is 0.166 e. The summed E-state index contributed by atoms with van der Waals surface area (Å²) < 4.78 is 28.8. The Hall–Kier alpha value is -1.96. The molecule has 2 rings (SSSR count). The third kappa shape index (κ3) is 4.53. The molecule has 0 heterocycles. The molecule has 24 heavy (non-hydrogen) atoms. The summed E-state index contributed by atoms with van der Waals surface area (Å²) in [7, 11) is 0. The fourth-order valence-corrected chi connectivity index (χ4v) is 3.08. The van der Waals surface area contributed by atoms with Crippen LogP contribution in [0, 0.1) is 17.6 Å². The molecule has 0 fully saturated rings. The molecule has 0 nitrogen and oxygen atoms in total. The lowest BCUT2D eigenvalue weighted by atomic mass is 9.95. The van der Waals surface area contributed by atoms with Crippen LogP contribution in [0.5, 0.6) is 0 Å². The number of halogens is 2. The molecule has 2 aromatic carbocycles. The minimum Gasteiger partial charge on any atom is -0.203 e. The van der Waals surface area contributed by atoms with Crippen LogP contribution in [0.2, 0.25) is 0 Å². The molecule has 0 aliphatic rings. The summed E-state index contributed by atoms with van der Waals surface area (Å²) in [5.74, 6) is -0.811. The molecule has 1 atom stereocenters. The van der Waals surface area contributed by atoms with Crippen LogP contribution in [0.3, 0.4) is 0 Å². The second-order valence-corrected chi connectivity index (χ2v) is 6.51. The highest BCUT2D eigenvalue weighted by Gasteiger charge is 2.14. The average Bonchev–Trinajstić information content (AvgIpc) is 2.59. The molecule has 0 aromatic heterocycles. The van der Waals surface area contributed by atoms with E-state index < -0.39 is 11.6 Å². The molecule has 0 aliphatic carbocycles. The molecule has 0 bridgehead atoms. The van der Waals surface area contributed by atoms with E-state index in [0.717, 1.165) is 18.4 Å². The fourth-order valence-electron chi connectivity index (χ4n) is 3.08. The number of aryl methyl sites for hydroxylation is 1. The predicted octanol–water partition coefficient (Wildman–Crippen LogP) is 7.03. The van der Waals surface area contributed by atoms with Crippen LogP contribution in [0.4, 0.5) is 8.78 Å². The summed E-state index contributed by atoms with van der Waals surface area (Å²) in [4.78, 5) is 0. The first kappa shape index (κ1) is 18.4. The molecule has 0 aliphatic heterocycles. The standard InChI is InChI=1S/C22H26F2/c1-4-7-16(3)8-6-9-19-14-15-20(22(24)21(19)23)18-12-10-17(5-2)11-13-18/h5,10-16H,2,4,6-9H2,1,3H3. The topological polar surface area (TPSA) is 0 Å². The highest BCUT2D eigenvalue weighted by Crippen LogP contribution is 2.28. The Morgan fingerprint density at radius 2 is 1.71 bits per heavy atom. The normalized spacial score (nSPS) is 12.2. The van der Waals surface area contributed by atoms with Crippen LogP contribution >= 0.6 is 0 Å². The van der Waals surface area contributed by atoms with Crippen molar-refractivity contribution in [3.8, 4) is 11.1 Å². The van der Waals surface area contributed by atoms with Crippen LogP contribution < -0.4 is 0 Å². The summed E-state index contributed by atoms with van der Waals surface area (Å²) in [6.07, 6.45) is 6.63. The average molecular weight is 328 g/mol. The molecule has 0 saturated carbocycles. The van der Waals surface area contributed by atoms with Crippen LogP contribution in [0.1, 0.15) is 50.7 Å². The van der Waals surface area contributed by atoms with Crippen molar-refractivity contribution in [3.05, 3.63) is 65.7 Å². The lowest BCUT2D eigenvalue weighted by molar-refractivity contribution is 0.460. The van der Waals surface area contributed by atoms with Crippen molar-refractivity contribution in [3.63, 3.8) is 0 Å². The largest absolute Gasteiger partial charge is 0.203 e. The van der Waals surface area contributed by atoms with Gasteiger partial charge in [0.15, 0.2) is 11.6 Å². The quantitative estimate of drug-likeness (QED) is 0.488. The van der Waals surface area contributed by atoms with Gasteiger partial charge in [0.1, 0.15) is 0 Å². The maximum absolute atomic E-state index is 14.4. The van der Waals surface area contributed by atoms with E-state index in [9.17, 15) is 8.78 Å². The maximum atomic E-state index is 14.4. The molecule has 0 amide bonds. The van der Waals surface area contributed by atoms with Gasteiger partial charge in [0.2, 0.25) is 0 Å². The molecule has 1 unspecified atom stereocenters. The summed E-state index contributed by atoms with van der Waals surface area (Å²) in [6, 6.07) is 10.7. The molecule has 0 saturated heterocycles. The summed E-state index contributed by atoms with van der Waals surface area (Å²) >= 11 is 0. The molecular weight excluding hydrogens is 302 g/mol. The molecule has 0 N–H and O–H groups in total. The lowest BCUT2D eigenvalue weighted by Gasteiger charge is -2.11. The number of rotatable bonds is 8. The first-order chi connectivity index (χ1) is 11.6. The van der Waals surface area contributed by atoms with Crippen molar-refractivity contribution in [2.75, 3.05) is 0 Å². The van der Waals surface area contributed by atoms with E-state index in [2.05, 4.69) is 20.4 Å². The van der Waals surface area contributed by atoms with Crippen molar-refractivity contribution in [2.24, 2.45) is 5.92 Å². The van der Waals surface area contributed by atoms with Crippen molar-refractivity contribution >= 4 is 6.08 Å². The SMILES string of the molecule is C=Cc1ccc(-c2ccc(CCCC(C)CCC)c(F)c2F)cc1. The molecule has 0 spiro atoms. The second kappa shape index (κ2) is 8.77. The number of benzene rings is 2. The zero-order valence-corrected chi connectivity index (χ0v) is 14.6. The van der Waals surface area contributed by atoms with E-state index in [1.54, 1.807) is 30.3 Å². The lowest BCUT2D eigenvalue weighted by Crippen LogP contribution is -2.00. The zero-order valence-electron chi connectivity index (χ0n) is 14.6. The van der Waals surface area contributed by atoms with E-state index in [0.29, 0.717) is 29.0 Å². The molecular formula is C22H26F2. The summed E-state index contributed by atoms with van der Waals surface area (Å²) in [6.45, 7) is 8.09. The van der Waals surface area contributed by atoms with Gasteiger partial charge in [-0.05, 0) is 35.4 Å². The van der Waals surface area contributed by atoms with Crippen molar-refractivity contribution < 1.29 is 8.78 Å². The van der Waals surface area contributed by atoms with Crippen LogP contribution in [-0.4, -0.2) is 0 Å². The predicted molar refractivity (Wildman–Crippen MR) is 98.9 cm³/mol. The van der Waals surface area contributed by atoms with Gasteiger partial charge in [0.05, 0.1) is 0 Å². The Balaban J connectivity index is 2.11. The van der Waals surface area contributed by atoms with Crippen LogP contribution in [-0.2, 0) is 6.42 Å². The van der Waals surface area contributed by atoms with E-state index >= 15 is 0 Å². The third-order valence-corrected chi connectivity index (χ3v) is 4.54. The van der Waals surface area contributed by atoms with Gasteiger partial charge in [0, 0.05) is 5.56 Å². The van der Waals surface area contributed by atoms with Crippen molar-refractivity contribution in [1.29, 1.82) is 0 Å². The molecule has 128 valence electrons. The maximum Gasteiger partial charge on any atom is 0.166 e. The summed E-state index contributed by atoms with van der Waals surface area (Å²) in [5, 5.41) is 0. The van der Waals surface area contributed by atoms with Gasteiger partial charge in [-0.25, -0.2) is 8.78 Å². The van der Waals surface area contributed by atoms with E-state index in [1.165, 1.54) is 12.8 Å².